The molecule has 0 unspecified atom stereocenters. The van der Waals surface area contributed by atoms with Gasteiger partial charge in [-0.15, -0.1) is 0 Å². The van der Waals surface area contributed by atoms with E-state index in [1.54, 1.807) is 0 Å². The second kappa shape index (κ2) is 6.12. The molecule has 0 bridgehead atoms. The Balaban J connectivity index is 2.75. The molecule has 0 heterocycles. The number of anilines is 1. The van der Waals surface area contributed by atoms with E-state index < -0.39 is 0 Å². The van der Waals surface area contributed by atoms with Gasteiger partial charge in [-0.2, -0.15) is 0 Å². The lowest BCUT2D eigenvalue weighted by Crippen LogP contribution is -2.21. The van der Waals surface area contributed by atoms with Gasteiger partial charge in [0, 0.05) is 20.6 Å². The highest BCUT2D eigenvalue weighted by molar-refractivity contribution is 6.33. The maximum absolute atomic E-state index is 6.20. The lowest BCUT2D eigenvalue weighted by molar-refractivity contribution is 0.552. The summed E-state index contributed by atoms with van der Waals surface area (Å²) in [5.41, 5.74) is 2.36. The van der Waals surface area contributed by atoms with Gasteiger partial charge >= 0.3 is 0 Å². The Hall–Kier alpha value is -0.730. The zero-order chi connectivity index (χ0) is 12.1. The van der Waals surface area contributed by atoms with Crippen molar-refractivity contribution in [2.24, 2.45) is 5.92 Å². The maximum Gasteiger partial charge on any atom is 0.0642 e. The number of nitrogens with zero attached hydrogens (tertiary/aromatic N) is 1. The molecule has 0 amide bonds. The third-order valence-corrected chi connectivity index (χ3v) is 2.69. The topological polar surface area (TPSA) is 15.3 Å². The third kappa shape index (κ3) is 3.69. The predicted octanol–water partition coefficient (Wildman–Crippen LogP) is 3.15. The zero-order valence-electron chi connectivity index (χ0n) is 10.5. The van der Waals surface area contributed by atoms with Crippen LogP contribution in [0, 0.1) is 5.92 Å². The molecule has 0 aliphatic carbocycles. The first-order valence-corrected chi connectivity index (χ1v) is 6.05. The lowest BCUT2D eigenvalue weighted by Gasteiger charge is -2.19. The van der Waals surface area contributed by atoms with Crippen molar-refractivity contribution in [2.75, 3.05) is 25.5 Å². The molecule has 0 saturated carbocycles. The highest BCUT2D eigenvalue weighted by Gasteiger charge is 2.08. The van der Waals surface area contributed by atoms with Crippen molar-refractivity contribution >= 4 is 17.3 Å². The summed E-state index contributed by atoms with van der Waals surface area (Å²) in [4.78, 5) is 2.06. The van der Waals surface area contributed by atoms with Gasteiger partial charge in [0.1, 0.15) is 0 Å². The van der Waals surface area contributed by atoms with Crippen LogP contribution in [0.25, 0.3) is 0 Å². The molecule has 0 spiro atoms. The molecule has 1 N–H and O–H groups in total. The van der Waals surface area contributed by atoms with E-state index in [1.807, 2.05) is 26.2 Å². The van der Waals surface area contributed by atoms with Gasteiger partial charge in [-0.25, -0.2) is 0 Å². The van der Waals surface area contributed by atoms with Crippen LogP contribution in [0.5, 0.6) is 0 Å². The van der Waals surface area contributed by atoms with Crippen molar-refractivity contribution in [3.63, 3.8) is 0 Å². The number of rotatable bonds is 5. The molecule has 0 saturated heterocycles. The zero-order valence-corrected chi connectivity index (χ0v) is 11.3. The molecule has 0 aliphatic rings. The Morgan fingerprint density at radius 1 is 1.31 bits per heavy atom. The summed E-state index contributed by atoms with van der Waals surface area (Å²) < 4.78 is 0. The Morgan fingerprint density at radius 3 is 2.56 bits per heavy atom. The average Bonchev–Trinajstić information content (AvgIpc) is 2.16. The normalized spacial score (nSPS) is 10.9. The van der Waals surface area contributed by atoms with Crippen LogP contribution in [0.4, 0.5) is 5.69 Å². The number of hydrogen-bond donors (Lipinski definition) is 1. The Kier molecular flexibility index (Phi) is 5.10. The minimum absolute atomic E-state index is 0.669. The van der Waals surface area contributed by atoms with Crippen LogP contribution in [0.15, 0.2) is 18.2 Å². The quantitative estimate of drug-likeness (QED) is 0.851. The number of hydrogen-bond acceptors (Lipinski definition) is 2. The first-order chi connectivity index (χ1) is 7.52. The second-order valence-corrected chi connectivity index (χ2v) is 5.07. The van der Waals surface area contributed by atoms with Crippen molar-refractivity contribution in [1.29, 1.82) is 0 Å². The molecule has 0 aliphatic heterocycles. The second-order valence-electron chi connectivity index (χ2n) is 4.67. The highest BCUT2D eigenvalue weighted by Crippen LogP contribution is 2.28. The Bertz CT molecular complexity index is 335. The summed E-state index contributed by atoms with van der Waals surface area (Å²) in [6.07, 6.45) is 0. The van der Waals surface area contributed by atoms with E-state index in [-0.39, 0.29) is 0 Å². The largest absolute Gasteiger partial charge is 0.376 e. The molecular weight excluding hydrogens is 220 g/mol. The molecule has 1 aromatic rings. The molecular formula is C13H21ClN2. The van der Waals surface area contributed by atoms with Crippen molar-refractivity contribution in [1.82, 2.24) is 5.32 Å². The van der Waals surface area contributed by atoms with Crippen molar-refractivity contribution in [3.05, 3.63) is 28.8 Å². The van der Waals surface area contributed by atoms with Gasteiger partial charge in [-0.1, -0.05) is 37.6 Å². The van der Waals surface area contributed by atoms with Crippen LogP contribution < -0.4 is 10.2 Å². The smallest absolute Gasteiger partial charge is 0.0642 e. The summed E-state index contributed by atoms with van der Waals surface area (Å²) in [6, 6.07) is 6.05. The molecule has 0 atom stereocenters. The predicted molar refractivity (Wildman–Crippen MR) is 72.3 cm³/mol. The van der Waals surface area contributed by atoms with Crippen LogP contribution in [-0.2, 0) is 6.54 Å². The summed E-state index contributed by atoms with van der Waals surface area (Å²) >= 11 is 6.20. The fraction of sp³-hybridized carbons (Fsp3) is 0.538. The monoisotopic (exact) mass is 240 g/mol. The van der Waals surface area contributed by atoms with Crippen LogP contribution in [0.2, 0.25) is 5.02 Å². The first kappa shape index (κ1) is 13.3. The van der Waals surface area contributed by atoms with Crippen LogP contribution in [0.1, 0.15) is 19.4 Å². The highest BCUT2D eigenvalue weighted by atomic mass is 35.5. The lowest BCUT2D eigenvalue weighted by atomic mass is 10.1. The van der Waals surface area contributed by atoms with Gasteiger partial charge in [0.15, 0.2) is 0 Å². The molecule has 1 aromatic carbocycles. The van der Waals surface area contributed by atoms with Crippen LogP contribution >= 0.6 is 11.6 Å². The molecule has 1 rings (SSSR count). The Labute approximate surface area is 104 Å². The van der Waals surface area contributed by atoms with E-state index >= 15 is 0 Å². The van der Waals surface area contributed by atoms with Crippen molar-refractivity contribution in [3.8, 4) is 0 Å². The van der Waals surface area contributed by atoms with Gasteiger partial charge in [0.2, 0.25) is 0 Å². The van der Waals surface area contributed by atoms with Gasteiger partial charge in [0.25, 0.3) is 0 Å². The molecule has 2 nitrogen and oxygen atoms in total. The van der Waals surface area contributed by atoms with E-state index in [9.17, 15) is 0 Å². The Morgan fingerprint density at radius 2 is 2.00 bits per heavy atom. The molecule has 90 valence electrons. The van der Waals surface area contributed by atoms with Crippen molar-refractivity contribution in [2.45, 2.75) is 20.4 Å². The van der Waals surface area contributed by atoms with Gasteiger partial charge in [-0.05, 0) is 24.1 Å². The van der Waals surface area contributed by atoms with E-state index in [0.29, 0.717) is 5.92 Å². The number of benzene rings is 1. The minimum atomic E-state index is 0.669. The van der Waals surface area contributed by atoms with Gasteiger partial charge < -0.3 is 10.2 Å². The molecule has 16 heavy (non-hydrogen) atoms. The van der Waals surface area contributed by atoms with E-state index in [2.05, 4.69) is 30.1 Å². The van der Waals surface area contributed by atoms with Crippen molar-refractivity contribution < 1.29 is 0 Å². The third-order valence-electron chi connectivity index (χ3n) is 2.39. The number of halogens is 1. The average molecular weight is 241 g/mol. The summed E-state index contributed by atoms with van der Waals surface area (Å²) in [5, 5.41) is 4.25. The van der Waals surface area contributed by atoms with Crippen LogP contribution in [-0.4, -0.2) is 20.6 Å². The summed E-state index contributed by atoms with van der Waals surface area (Å²) in [6.45, 7) is 6.31. The molecule has 0 aromatic heterocycles. The fourth-order valence-electron chi connectivity index (χ4n) is 1.70. The minimum Gasteiger partial charge on any atom is -0.376 e. The van der Waals surface area contributed by atoms with Gasteiger partial charge in [-0.3, -0.25) is 0 Å². The van der Waals surface area contributed by atoms with E-state index in [4.69, 9.17) is 11.6 Å². The van der Waals surface area contributed by atoms with E-state index in [0.717, 1.165) is 23.8 Å². The van der Waals surface area contributed by atoms with Crippen LogP contribution in [0.3, 0.4) is 0 Å². The van der Waals surface area contributed by atoms with Gasteiger partial charge in [0.05, 0.1) is 10.7 Å². The number of nitrogens with one attached hydrogen (secondary N) is 1. The summed E-state index contributed by atoms with van der Waals surface area (Å²) in [7, 11) is 4.04. The summed E-state index contributed by atoms with van der Waals surface area (Å²) in [5.74, 6) is 0.669. The number of para-hydroxylation sites is 1. The standard InChI is InChI=1S/C13H21ClN2/c1-10(2)8-15-9-11-6-5-7-12(14)13(11)16(3)4/h5-7,10,15H,8-9H2,1-4H3. The maximum atomic E-state index is 6.20. The fourth-order valence-corrected chi connectivity index (χ4v) is 2.06. The molecule has 3 heteroatoms. The molecule has 0 fully saturated rings. The van der Waals surface area contributed by atoms with E-state index in [1.165, 1.54) is 5.56 Å². The SMILES string of the molecule is CC(C)CNCc1cccc(Cl)c1N(C)C. The first-order valence-electron chi connectivity index (χ1n) is 5.67. The molecule has 0 radical (unpaired) electrons.